The zero-order valence-electron chi connectivity index (χ0n) is 9.60. The van der Waals surface area contributed by atoms with E-state index in [0.29, 0.717) is 17.7 Å². The summed E-state index contributed by atoms with van der Waals surface area (Å²) < 4.78 is 10.6. The van der Waals surface area contributed by atoms with Crippen molar-refractivity contribution in [3.05, 3.63) is 42.5 Å². The fourth-order valence-electron chi connectivity index (χ4n) is 1.06. The minimum absolute atomic E-state index is 0.370. The molecule has 0 spiro atoms. The number of esters is 1. The van der Waals surface area contributed by atoms with Crippen molar-refractivity contribution >= 4 is 5.97 Å². The van der Waals surface area contributed by atoms with E-state index < -0.39 is 12.3 Å². The highest BCUT2D eigenvalue weighted by molar-refractivity contribution is 5.87. The van der Waals surface area contributed by atoms with Gasteiger partial charge in [-0.05, 0) is 19.1 Å². The lowest BCUT2D eigenvalue weighted by molar-refractivity contribution is -0.159. The molecule has 0 amide bonds. The van der Waals surface area contributed by atoms with Crippen LogP contribution in [0.1, 0.15) is 20.3 Å². The van der Waals surface area contributed by atoms with Gasteiger partial charge in [0, 0.05) is 12.0 Å². The molecule has 0 radical (unpaired) electrons. The maximum Gasteiger partial charge on any atom is 0.336 e. The number of para-hydroxylation sites is 1. The quantitative estimate of drug-likeness (QED) is 0.435. The first-order valence-corrected chi connectivity index (χ1v) is 5.21. The normalized spacial score (nSPS) is 11.6. The van der Waals surface area contributed by atoms with E-state index in [0.717, 1.165) is 0 Å². The molecule has 1 aromatic rings. The van der Waals surface area contributed by atoms with Crippen molar-refractivity contribution in [3.63, 3.8) is 0 Å². The number of rotatable bonds is 5. The van der Waals surface area contributed by atoms with Crippen LogP contribution in [0.3, 0.4) is 0 Å². The van der Waals surface area contributed by atoms with Crippen LogP contribution in [0.5, 0.6) is 5.75 Å². The predicted octanol–water partition coefficient (Wildman–Crippen LogP) is 2.92. The van der Waals surface area contributed by atoms with Crippen LogP contribution in [0.2, 0.25) is 0 Å². The second-order valence-electron chi connectivity index (χ2n) is 3.45. The third-order valence-electron chi connectivity index (χ3n) is 1.93. The average Bonchev–Trinajstić information content (AvgIpc) is 2.29. The van der Waals surface area contributed by atoms with Crippen LogP contribution in [0.25, 0.3) is 0 Å². The summed E-state index contributed by atoms with van der Waals surface area (Å²) in [5.74, 6) is 0.256. The van der Waals surface area contributed by atoms with Gasteiger partial charge in [0.1, 0.15) is 5.75 Å². The van der Waals surface area contributed by atoms with Crippen molar-refractivity contribution in [2.24, 2.45) is 0 Å². The molecule has 0 saturated carbocycles. The molecule has 1 rings (SSSR count). The maximum absolute atomic E-state index is 11.3. The Hall–Kier alpha value is -1.77. The summed E-state index contributed by atoms with van der Waals surface area (Å²) in [6.07, 6.45) is 0.0279. The van der Waals surface area contributed by atoms with E-state index >= 15 is 0 Å². The number of carbonyl (C=O) groups is 1. The van der Waals surface area contributed by atoms with Crippen molar-refractivity contribution in [2.45, 2.75) is 26.6 Å². The number of ether oxygens (including phenoxy) is 2. The van der Waals surface area contributed by atoms with E-state index in [-0.39, 0.29) is 0 Å². The Labute approximate surface area is 95.7 Å². The molecule has 1 unspecified atom stereocenters. The highest BCUT2D eigenvalue weighted by Crippen LogP contribution is 2.13. The first-order chi connectivity index (χ1) is 7.63. The van der Waals surface area contributed by atoms with Crippen LogP contribution in [0.4, 0.5) is 0 Å². The summed E-state index contributed by atoms with van der Waals surface area (Å²) in [5.41, 5.74) is 0.370. The molecule has 0 aromatic heterocycles. The van der Waals surface area contributed by atoms with E-state index in [1.54, 1.807) is 6.92 Å². The molecule has 0 fully saturated rings. The summed E-state index contributed by atoms with van der Waals surface area (Å²) in [6, 6.07) is 9.26. The van der Waals surface area contributed by atoms with Crippen molar-refractivity contribution in [1.29, 1.82) is 0 Å². The lowest BCUT2D eigenvalue weighted by Gasteiger charge is -2.17. The summed E-state index contributed by atoms with van der Waals surface area (Å²) in [6.45, 7) is 7.02. The van der Waals surface area contributed by atoms with Gasteiger partial charge in [0.25, 0.3) is 0 Å². The van der Waals surface area contributed by atoms with Gasteiger partial charge in [0.2, 0.25) is 6.29 Å². The van der Waals surface area contributed by atoms with Gasteiger partial charge in [0.15, 0.2) is 0 Å². The van der Waals surface area contributed by atoms with Crippen molar-refractivity contribution in [3.8, 4) is 5.75 Å². The molecule has 1 atom stereocenters. The molecule has 0 aliphatic carbocycles. The fourth-order valence-corrected chi connectivity index (χ4v) is 1.06. The molecular weight excluding hydrogens is 204 g/mol. The Bertz CT molecular complexity index is 357. The molecule has 86 valence electrons. The summed E-state index contributed by atoms with van der Waals surface area (Å²) >= 11 is 0. The molecule has 0 heterocycles. The minimum atomic E-state index is -0.563. The Balaban J connectivity index is 2.56. The maximum atomic E-state index is 11.3. The predicted molar refractivity (Wildman–Crippen MR) is 62.1 cm³/mol. The van der Waals surface area contributed by atoms with Crippen molar-refractivity contribution in [1.82, 2.24) is 0 Å². The van der Waals surface area contributed by atoms with Crippen LogP contribution in [0.15, 0.2) is 42.5 Å². The van der Waals surface area contributed by atoms with Crippen LogP contribution in [0, 0.1) is 0 Å². The molecule has 3 nitrogen and oxygen atoms in total. The van der Waals surface area contributed by atoms with E-state index in [1.807, 2.05) is 37.3 Å². The van der Waals surface area contributed by atoms with Gasteiger partial charge in [-0.3, -0.25) is 0 Å². The van der Waals surface area contributed by atoms with Gasteiger partial charge in [-0.1, -0.05) is 31.7 Å². The molecule has 0 bridgehead atoms. The largest absolute Gasteiger partial charge is 0.455 e. The molecule has 0 aliphatic rings. The van der Waals surface area contributed by atoms with E-state index in [2.05, 4.69) is 6.58 Å². The van der Waals surface area contributed by atoms with Crippen molar-refractivity contribution in [2.75, 3.05) is 0 Å². The zero-order chi connectivity index (χ0) is 12.0. The Morgan fingerprint density at radius 3 is 2.50 bits per heavy atom. The molecule has 0 saturated heterocycles. The minimum Gasteiger partial charge on any atom is -0.455 e. The van der Waals surface area contributed by atoms with Crippen LogP contribution >= 0.6 is 0 Å². The van der Waals surface area contributed by atoms with Crippen molar-refractivity contribution < 1.29 is 14.3 Å². The van der Waals surface area contributed by atoms with Gasteiger partial charge in [-0.25, -0.2) is 4.79 Å². The third-order valence-corrected chi connectivity index (χ3v) is 1.93. The second kappa shape index (κ2) is 5.95. The second-order valence-corrected chi connectivity index (χ2v) is 3.45. The zero-order valence-corrected chi connectivity index (χ0v) is 9.60. The van der Waals surface area contributed by atoms with Crippen LogP contribution < -0.4 is 4.74 Å². The molecule has 3 heteroatoms. The standard InChI is InChI=1S/C13H16O3/c1-4-12(16-13(14)10(2)3)15-11-8-6-5-7-9-11/h5-9,12H,2,4H2,1,3H3. The molecule has 16 heavy (non-hydrogen) atoms. The first kappa shape index (κ1) is 12.3. The van der Waals surface area contributed by atoms with E-state index in [9.17, 15) is 4.79 Å². The Kier molecular flexibility index (Phi) is 4.58. The SMILES string of the molecule is C=C(C)C(=O)OC(CC)Oc1ccccc1. The van der Waals surface area contributed by atoms with Gasteiger partial charge >= 0.3 is 5.97 Å². The first-order valence-electron chi connectivity index (χ1n) is 5.21. The summed E-state index contributed by atoms with van der Waals surface area (Å²) in [5, 5.41) is 0. The number of benzene rings is 1. The fraction of sp³-hybridized carbons (Fsp3) is 0.308. The number of carbonyl (C=O) groups excluding carboxylic acids is 1. The van der Waals surface area contributed by atoms with Gasteiger partial charge in [0.05, 0.1) is 0 Å². The molecule has 0 N–H and O–H groups in total. The van der Waals surface area contributed by atoms with Gasteiger partial charge in [-0.2, -0.15) is 0 Å². The Morgan fingerprint density at radius 1 is 1.38 bits per heavy atom. The number of hydrogen-bond donors (Lipinski definition) is 0. The monoisotopic (exact) mass is 220 g/mol. The third kappa shape index (κ3) is 3.77. The highest BCUT2D eigenvalue weighted by Gasteiger charge is 2.14. The lowest BCUT2D eigenvalue weighted by Crippen LogP contribution is -2.23. The summed E-state index contributed by atoms with van der Waals surface area (Å²) in [7, 11) is 0. The van der Waals surface area contributed by atoms with Crippen LogP contribution in [-0.2, 0) is 9.53 Å². The topological polar surface area (TPSA) is 35.5 Å². The molecule has 0 aliphatic heterocycles. The Morgan fingerprint density at radius 2 is 2.00 bits per heavy atom. The molecular formula is C13H16O3. The smallest absolute Gasteiger partial charge is 0.336 e. The van der Waals surface area contributed by atoms with Gasteiger partial charge < -0.3 is 9.47 Å². The number of hydrogen-bond acceptors (Lipinski definition) is 3. The summed E-state index contributed by atoms with van der Waals surface area (Å²) in [4.78, 5) is 11.3. The van der Waals surface area contributed by atoms with Crippen LogP contribution in [-0.4, -0.2) is 12.3 Å². The van der Waals surface area contributed by atoms with E-state index in [4.69, 9.17) is 9.47 Å². The lowest BCUT2D eigenvalue weighted by atomic mass is 10.3. The highest BCUT2D eigenvalue weighted by atomic mass is 16.7. The molecule has 1 aromatic carbocycles. The van der Waals surface area contributed by atoms with E-state index in [1.165, 1.54) is 0 Å². The average molecular weight is 220 g/mol. The van der Waals surface area contributed by atoms with Gasteiger partial charge in [-0.15, -0.1) is 0 Å².